The number of nitrogen functional groups attached to an aromatic ring is 1. The van der Waals surface area contributed by atoms with Gasteiger partial charge in [0.15, 0.2) is 0 Å². The third kappa shape index (κ3) is 3.00. The summed E-state index contributed by atoms with van der Waals surface area (Å²) in [5.74, 6) is -0.682. The van der Waals surface area contributed by atoms with Crippen molar-refractivity contribution in [3.05, 3.63) is 53.6 Å². The number of carbonyl (C=O) groups is 1. The summed E-state index contributed by atoms with van der Waals surface area (Å²) in [5.41, 5.74) is 7.44. The van der Waals surface area contributed by atoms with Crippen LogP contribution in [0.1, 0.15) is 5.56 Å². The molecule has 4 nitrogen and oxygen atoms in total. The maximum absolute atomic E-state index is 13.1. The van der Waals surface area contributed by atoms with E-state index in [1.165, 1.54) is 17.0 Å². The van der Waals surface area contributed by atoms with Gasteiger partial charge in [0.25, 0.3) is 0 Å². The number of hydrogen-bond acceptors (Lipinski definition) is 3. The van der Waals surface area contributed by atoms with Crippen LogP contribution in [-0.4, -0.2) is 20.0 Å². The van der Waals surface area contributed by atoms with Crippen molar-refractivity contribution in [1.82, 2.24) is 0 Å². The Morgan fingerprint density at radius 3 is 2.32 bits per heavy atom. The Kier molecular flexibility index (Phi) is 4.60. The van der Waals surface area contributed by atoms with E-state index in [0.29, 0.717) is 23.5 Å². The van der Waals surface area contributed by atoms with Crippen LogP contribution < -0.4 is 16.0 Å². The van der Waals surface area contributed by atoms with Gasteiger partial charge in [0, 0.05) is 14.1 Å². The lowest BCUT2D eigenvalue weighted by Gasteiger charge is -2.09. The van der Waals surface area contributed by atoms with Crippen molar-refractivity contribution in [3.8, 4) is 0 Å². The van der Waals surface area contributed by atoms with E-state index in [9.17, 15) is 13.6 Å². The van der Waals surface area contributed by atoms with E-state index in [-0.39, 0.29) is 17.5 Å². The van der Waals surface area contributed by atoms with E-state index in [2.05, 4.69) is 5.32 Å². The molecule has 2 aromatic rings. The molecule has 0 aliphatic carbocycles. The Bertz CT molecular complexity index is 684. The molecular weight excluding hydrogens is 288 g/mol. The number of nitrogens with one attached hydrogen (secondary N) is 1. The van der Waals surface area contributed by atoms with Crippen LogP contribution in [0, 0.1) is 11.6 Å². The highest BCUT2D eigenvalue weighted by molar-refractivity contribution is 6.00. The molecule has 1 heterocycles. The summed E-state index contributed by atoms with van der Waals surface area (Å²) in [6.45, 7) is 0. The Morgan fingerprint density at radius 1 is 1.14 bits per heavy atom. The normalized spacial score (nSPS) is 12.5. The van der Waals surface area contributed by atoms with Gasteiger partial charge in [-0.2, -0.15) is 0 Å². The number of likely N-dealkylation sites (N-methyl/N-ethyl adjacent to an activating group) is 1. The van der Waals surface area contributed by atoms with Crippen LogP contribution >= 0.6 is 0 Å². The molecule has 0 radical (unpaired) electrons. The lowest BCUT2D eigenvalue weighted by molar-refractivity contribution is -0.117. The first kappa shape index (κ1) is 15.8. The molecule has 2 aromatic carbocycles. The van der Waals surface area contributed by atoms with Crippen LogP contribution in [0.15, 0.2) is 36.4 Å². The fourth-order valence-electron chi connectivity index (χ4n) is 2.29. The van der Waals surface area contributed by atoms with Crippen LogP contribution in [0.4, 0.5) is 25.8 Å². The van der Waals surface area contributed by atoms with Crippen LogP contribution in [0.2, 0.25) is 0 Å². The predicted octanol–water partition coefficient (Wildman–Crippen LogP) is 2.79. The second kappa shape index (κ2) is 6.43. The largest absolute Gasteiger partial charge is 0.397 e. The number of amides is 1. The smallest absolute Gasteiger partial charge is 0.231 e. The maximum Gasteiger partial charge on any atom is 0.231 e. The number of carbonyl (C=O) groups excluding carboxylic acids is 1. The summed E-state index contributed by atoms with van der Waals surface area (Å²) in [6.07, 6.45) is 0.323. The number of nitrogens with two attached hydrogens (primary N) is 1. The van der Waals surface area contributed by atoms with Crippen molar-refractivity contribution in [1.29, 1.82) is 0 Å². The van der Waals surface area contributed by atoms with Crippen LogP contribution in [0.25, 0.3) is 0 Å². The summed E-state index contributed by atoms with van der Waals surface area (Å²) >= 11 is 0. The Hall–Kier alpha value is -2.63. The van der Waals surface area contributed by atoms with Gasteiger partial charge in [-0.1, -0.05) is 18.2 Å². The van der Waals surface area contributed by atoms with Gasteiger partial charge in [-0.3, -0.25) is 4.79 Å². The first-order valence-corrected chi connectivity index (χ1v) is 6.71. The number of fused-ring (bicyclic) bond motifs is 1. The van der Waals surface area contributed by atoms with Crippen molar-refractivity contribution in [2.75, 3.05) is 30.0 Å². The number of anilines is 3. The van der Waals surface area contributed by atoms with Crippen molar-refractivity contribution in [2.45, 2.75) is 6.42 Å². The molecule has 0 saturated carbocycles. The molecule has 0 fully saturated rings. The molecule has 116 valence electrons. The highest BCUT2D eigenvalue weighted by Crippen LogP contribution is 2.29. The van der Waals surface area contributed by atoms with Crippen LogP contribution in [-0.2, 0) is 11.2 Å². The van der Waals surface area contributed by atoms with E-state index in [1.54, 1.807) is 38.4 Å². The number of rotatable bonds is 1. The van der Waals surface area contributed by atoms with E-state index < -0.39 is 0 Å². The first-order valence-electron chi connectivity index (χ1n) is 6.71. The van der Waals surface area contributed by atoms with Gasteiger partial charge < -0.3 is 16.0 Å². The van der Waals surface area contributed by atoms with Gasteiger partial charge >= 0.3 is 0 Å². The number of para-hydroxylation sites is 2. The second-order valence-corrected chi connectivity index (χ2v) is 4.83. The highest BCUT2D eigenvalue weighted by atomic mass is 19.1. The van der Waals surface area contributed by atoms with Gasteiger partial charge in [0.1, 0.15) is 11.6 Å². The molecule has 0 bridgehead atoms. The Morgan fingerprint density at radius 2 is 1.77 bits per heavy atom. The average molecular weight is 305 g/mol. The number of nitrogens with zero attached hydrogens (tertiary/aromatic N) is 1. The summed E-state index contributed by atoms with van der Waals surface area (Å²) in [5, 5.41) is 2.66. The van der Waals surface area contributed by atoms with Crippen molar-refractivity contribution in [3.63, 3.8) is 0 Å². The number of halogens is 2. The number of benzene rings is 2. The Labute approximate surface area is 127 Å². The Balaban J connectivity index is 0.000000164. The third-order valence-electron chi connectivity index (χ3n) is 3.42. The van der Waals surface area contributed by atoms with Gasteiger partial charge in [0.2, 0.25) is 5.91 Å². The summed E-state index contributed by atoms with van der Waals surface area (Å²) < 4.78 is 25.8. The fraction of sp³-hybridized carbons (Fsp3) is 0.188. The lowest BCUT2D eigenvalue weighted by Crippen LogP contribution is -2.21. The monoisotopic (exact) mass is 305 g/mol. The zero-order chi connectivity index (χ0) is 16.3. The number of hydrogen-bond donors (Lipinski definition) is 2. The molecule has 1 aliphatic rings. The van der Waals surface area contributed by atoms with Crippen LogP contribution in [0.3, 0.4) is 0 Å². The zero-order valence-corrected chi connectivity index (χ0v) is 12.4. The summed E-state index contributed by atoms with van der Waals surface area (Å²) in [6, 6.07) is 9.36. The topological polar surface area (TPSA) is 58.4 Å². The molecular formula is C16H17F2N3O. The second-order valence-electron chi connectivity index (χ2n) is 4.83. The minimum absolute atomic E-state index is 0.0462. The minimum atomic E-state index is -0.319. The molecule has 1 amide bonds. The molecule has 3 N–H and O–H groups in total. The van der Waals surface area contributed by atoms with Crippen molar-refractivity contribution < 1.29 is 13.6 Å². The van der Waals surface area contributed by atoms with E-state index in [1.807, 2.05) is 0 Å². The SMILES string of the molecule is CN1C(=O)Cc2cccc(F)c21.CNc1c(N)cccc1F. The molecule has 0 unspecified atom stereocenters. The molecule has 0 atom stereocenters. The van der Waals surface area contributed by atoms with Gasteiger partial charge in [-0.25, -0.2) is 8.78 Å². The van der Waals surface area contributed by atoms with Crippen molar-refractivity contribution >= 4 is 23.0 Å². The fourth-order valence-corrected chi connectivity index (χ4v) is 2.29. The standard InChI is InChI=1S/C9H8FNO.C7H9FN2/c1-11-8(12)5-6-3-2-4-7(10)9(6)11;1-10-7-5(8)3-2-4-6(7)9/h2-4H,5H2,1H3;2-4,10H,9H2,1H3. The molecule has 22 heavy (non-hydrogen) atoms. The quantitative estimate of drug-likeness (QED) is 0.797. The predicted molar refractivity (Wildman–Crippen MR) is 83.9 cm³/mol. The highest BCUT2D eigenvalue weighted by Gasteiger charge is 2.26. The molecule has 1 aliphatic heterocycles. The maximum atomic E-state index is 13.1. The minimum Gasteiger partial charge on any atom is -0.397 e. The lowest BCUT2D eigenvalue weighted by atomic mass is 10.1. The molecule has 0 spiro atoms. The molecule has 0 saturated heterocycles. The van der Waals surface area contributed by atoms with Crippen molar-refractivity contribution in [2.24, 2.45) is 0 Å². The molecule has 3 rings (SSSR count). The van der Waals surface area contributed by atoms with E-state index >= 15 is 0 Å². The van der Waals surface area contributed by atoms with E-state index in [0.717, 1.165) is 5.56 Å². The molecule has 0 aromatic heterocycles. The zero-order valence-electron chi connectivity index (χ0n) is 12.4. The van der Waals surface area contributed by atoms with Gasteiger partial charge in [0.05, 0.1) is 23.5 Å². The molecule has 6 heteroatoms. The van der Waals surface area contributed by atoms with Gasteiger partial charge in [-0.15, -0.1) is 0 Å². The van der Waals surface area contributed by atoms with E-state index in [4.69, 9.17) is 5.73 Å². The summed E-state index contributed by atoms with van der Waals surface area (Å²) in [4.78, 5) is 12.5. The first-order chi connectivity index (χ1) is 10.5. The summed E-state index contributed by atoms with van der Waals surface area (Å²) in [7, 11) is 3.23. The van der Waals surface area contributed by atoms with Crippen LogP contribution in [0.5, 0.6) is 0 Å². The average Bonchev–Trinajstić information content (AvgIpc) is 2.76. The van der Waals surface area contributed by atoms with Gasteiger partial charge in [-0.05, 0) is 23.8 Å². The third-order valence-corrected chi connectivity index (χ3v) is 3.42.